The number of nitrogens with one attached hydrogen (secondary N) is 1. The van der Waals surface area contributed by atoms with Crippen LogP contribution in [0.2, 0.25) is 0 Å². The van der Waals surface area contributed by atoms with E-state index in [1.54, 1.807) is 15.4 Å². The fourth-order valence-corrected chi connectivity index (χ4v) is 2.37. The molecule has 8 nitrogen and oxygen atoms in total. The molecule has 0 aliphatic heterocycles. The van der Waals surface area contributed by atoms with Gasteiger partial charge in [0, 0.05) is 0 Å². The van der Waals surface area contributed by atoms with Gasteiger partial charge in [-0.05, 0) is 24.3 Å². The van der Waals surface area contributed by atoms with Crippen molar-refractivity contribution in [2.45, 2.75) is 6.54 Å². The first kappa shape index (κ1) is 14.1. The largest absolute Gasteiger partial charge is 0.345 e. The Kier molecular flexibility index (Phi) is 3.47. The number of amides is 1. The van der Waals surface area contributed by atoms with Crippen LogP contribution in [0.5, 0.6) is 0 Å². The van der Waals surface area contributed by atoms with Crippen molar-refractivity contribution in [3.05, 3.63) is 72.4 Å². The second kappa shape index (κ2) is 5.92. The van der Waals surface area contributed by atoms with E-state index in [0.29, 0.717) is 6.54 Å². The lowest BCUT2D eigenvalue weighted by molar-refractivity contribution is 0.0945. The van der Waals surface area contributed by atoms with Crippen LogP contribution >= 0.6 is 0 Å². The van der Waals surface area contributed by atoms with E-state index in [9.17, 15) is 4.79 Å². The summed E-state index contributed by atoms with van der Waals surface area (Å²) in [4.78, 5) is 16.4. The molecule has 4 aromatic rings. The van der Waals surface area contributed by atoms with Crippen LogP contribution in [0.3, 0.4) is 0 Å². The van der Waals surface area contributed by atoms with E-state index in [4.69, 9.17) is 0 Å². The minimum Gasteiger partial charge on any atom is -0.345 e. The van der Waals surface area contributed by atoms with Crippen LogP contribution in [0, 0.1) is 0 Å². The molecule has 0 saturated heterocycles. The highest BCUT2D eigenvalue weighted by Gasteiger charge is 2.12. The number of rotatable bonds is 4. The average Bonchev–Trinajstić information content (AvgIpc) is 3.30. The zero-order valence-electron chi connectivity index (χ0n) is 12.6. The first-order valence-electron chi connectivity index (χ1n) is 7.35. The highest BCUT2D eigenvalue weighted by atomic mass is 16.2. The van der Waals surface area contributed by atoms with Crippen LogP contribution in [0.4, 0.5) is 0 Å². The van der Waals surface area contributed by atoms with Crippen LogP contribution in [-0.4, -0.2) is 35.5 Å². The smallest absolute Gasteiger partial charge is 0.273 e. The quantitative estimate of drug-likeness (QED) is 0.611. The molecule has 0 unspecified atom stereocenters. The third-order valence-corrected chi connectivity index (χ3v) is 3.56. The maximum Gasteiger partial charge on any atom is 0.273 e. The van der Waals surface area contributed by atoms with E-state index < -0.39 is 0 Å². The summed E-state index contributed by atoms with van der Waals surface area (Å²) < 4.78 is 3.24. The molecular weight excluding hydrogens is 306 g/mol. The second-order valence-electron chi connectivity index (χ2n) is 5.11. The van der Waals surface area contributed by atoms with Gasteiger partial charge in [0.1, 0.15) is 6.33 Å². The van der Waals surface area contributed by atoms with Gasteiger partial charge in [-0.25, -0.2) is 14.2 Å². The lowest BCUT2D eigenvalue weighted by Crippen LogP contribution is -2.24. The second-order valence-corrected chi connectivity index (χ2v) is 5.11. The third-order valence-electron chi connectivity index (χ3n) is 3.56. The van der Waals surface area contributed by atoms with Crippen molar-refractivity contribution in [3.8, 4) is 5.69 Å². The summed E-state index contributed by atoms with van der Waals surface area (Å²) in [5.41, 5.74) is 2.66. The Hall–Kier alpha value is -3.55. The van der Waals surface area contributed by atoms with Crippen LogP contribution in [0.25, 0.3) is 11.3 Å². The summed E-state index contributed by atoms with van der Waals surface area (Å²) in [6.45, 7) is 0.317. The van der Waals surface area contributed by atoms with Crippen molar-refractivity contribution in [1.82, 2.24) is 34.9 Å². The molecule has 0 saturated carbocycles. The van der Waals surface area contributed by atoms with Crippen molar-refractivity contribution in [3.63, 3.8) is 0 Å². The first-order chi connectivity index (χ1) is 11.8. The number of para-hydroxylation sites is 1. The lowest BCUT2D eigenvalue weighted by Gasteiger charge is -2.05. The standard InChI is InChI=1S/C16H13N7O/c24-16(14-10-22(21-20-14)12-5-2-1-3-6-12)17-9-13-7-4-8-15-18-11-19-23(13)15/h1-8,10-11H,9H2,(H,17,24). The Morgan fingerprint density at radius 2 is 1.96 bits per heavy atom. The normalized spacial score (nSPS) is 10.8. The van der Waals surface area contributed by atoms with Gasteiger partial charge in [0.15, 0.2) is 11.3 Å². The van der Waals surface area contributed by atoms with E-state index in [1.807, 2.05) is 48.5 Å². The van der Waals surface area contributed by atoms with Crippen LogP contribution in [0.1, 0.15) is 16.2 Å². The molecule has 1 aromatic carbocycles. The minimum absolute atomic E-state index is 0.254. The number of aromatic nitrogens is 6. The van der Waals surface area contributed by atoms with E-state index in [1.165, 1.54) is 6.33 Å². The summed E-state index contributed by atoms with van der Waals surface area (Å²) in [7, 11) is 0. The van der Waals surface area contributed by atoms with Crippen LogP contribution in [-0.2, 0) is 6.54 Å². The van der Waals surface area contributed by atoms with Crippen molar-refractivity contribution in [2.24, 2.45) is 0 Å². The number of pyridine rings is 1. The Labute approximate surface area is 136 Å². The molecule has 8 heteroatoms. The zero-order chi connectivity index (χ0) is 16.4. The summed E-state index contributed by atoms with van der Waals surface area (Å²) in [5.74, 6) is -0.297. The van der Waals surface area contributed by atoms with Gasteiger partial charge < -0.3 is 5.32 Å². The van der Waals surface area contributed by atoms with Gasteiger partial charge in [0.2, 0.25) is 0 Å². The highest BCUT2D eigenvalue weighted by molar-refractivity contribution is 5.91. The number of nitrogens with zero attached hydrogens (tertiary/aromatic N) is 6. The van der Waals surface area contributed by atoms with Gasteiger partial charge >= 0.3 is 0 Å². The van der Waals surface area contributed by atoms with Gasteiger partial charge in [-0.2, -0.15) is 5.10 Å². The monoisotopic (exact) mass is 319 g/mol. The molecule has 1 N–H and O–H groups in total. The average molecular weight is 319 g/mol. The van der Waals surface area contributed by atoms with E-state index >= 15 is 0 Å². The molecule has 0 aliphatic carbocycles. The minimum atomic E-state index is -0.297. The molecule has 24 heavy (non-hydrogen) atoms. The number of carbonyl (C=O) groups excluding carboxylic acids is 1. The zero-order valence-corrected chi connectivity index (χ0v) is 12.6. The summed E-state index contributed by atoms with van der Waals surface area (Å²) >= 11 is 0. The van der Waals surface area contributed by atoms with Crippen LogP contribution in [0.15, 0.2) is 61.1 Å². The number of hydrogen-bond donors (Lipinski definition) is 1. The molecule has 0 spiro atoms. The predicted molar refractivity (Wildman–Crippen MR) is 85.5 cm³/mol. The molecule has 4 rings (SSSR count). The molecule has 0 fully saturated rings. The van der Waals surface area contributed by atoms with E-state index in [0.717, 1.165) is 17.0 Å². The van der Waals surface area contributed by atoms with Crippen molar-refractivity contribution < 1.29 is 4.79 Å². The maximum absolute atomic E-state index is 12.3. The summed E-state index contributed by atoms with van der Waals surface area (Å²) in [5, 5.41) is 14.9. The lowest BCUT2D eigenvalue weighted by atomic mass is 10.3. The Morgan fingerprint density at radius 1 is 1.08 bits per heavy atom. The Bertz CT molecular complexity index is 990. The van der Waals surface area contributed by atoms with E-state index in [2.05, 4.69) is 25.7 Å². The number of fused-ring (bicyclic) bond motifs is 1. The maximum atomic E-state index is 12.3. The first-order valence-corrected chi connectivity index (χ1v) is 7.35. The molecule has 0 atom stereocenters. The summed E-state index contributed by atoms with van der Waals surface area (Å²) in [6.07, 6.45) is 3.08. The molecule has 0 bridgehead atoms. The molecule has 3 aromatic heterocycles. The molecule has 1 amide bonds. The van der Waals surface area contributed by atoms with Gasteiger partial charge in [-0.1, -0.05) is 29.5 Å². The number of carbonyl (C=O) groups is 1. The molecule has 0 aliphatic rings. The van der Waals surface area contributed by atoms with E-state index in [-0.39, 0.29) is 11.6 Å². The Morgan fingerprint density at radius 3 is 2.83 bits per heavy atom. The highest BCUT2D eigenvalue weighted by Crippen LogP contribution is 2.07. The predicted octanol–water partition coefficient (Wildman–Crippen LogP) is 1.24. The molecular formula is C16H13N7O. The van der Waals surface area contributed by atoms with Gasteiger partial charge in [-0.15, -0.1) is 5.10 Å². The molecule has 118 valence electrons. The van der Waals surface area contributed by atoms with Crippen molar-refractivity contribution >= 4 is 11.6 Å². The fraction of sp³-hybridized carbons (Fsp3) is 0.0625. The van der Waals surface area contributed by atoms with Crippen molar-refractivity contribution in [1.29, 1.82) is 0 Å². The third kappa shape index (κ3) is 2.60. The summed E-state index contributed by atoms with van der Waals surface area (Å²) in [6, 6.07) is 15.1. The van der Waals surface area contributed by atoms with Crippen LogP contribution < -0.4 is 5.32 Å². The van der Waals surface area contributed by atoms with Gasteiger partial charge in [0.25, 0.3) is 5.91 Å². The van der Waals surface area contributed by atoms with Gasteiger partial charge in [0.05, 0.1) is 24.1 Å². The van der Waals surface area contributed by atoms with Crippen molar-refractivity contribution in [2.75, 3.05) is 0 Å². The van der Waals surface area contributed by atoms with Gasteiger partial charge in [-0.3, -0.25) is 4.79 Å². The number of hydrogen-bond acceptors (Lipinski definition) is 5. The SMILES string of the molecule is O=C(NCc1cccc2ncnn12)c1cn(-c2ccccc2)nn1. The molecule has 3 heterocycles. The Balaban J connectivity index is 1.49. The number of benzene rings is 1. The topological polar surface area (TPSA) is 90.0 Å². The molecule has 0 radical (unpaired) electrons. The fourth-order valence-electron chi connectivity index (χ4n) is 2.37.